The highest BCUT2D eigenvalue weighted by Crippen LogP contribution is 2.57. The van der Waals surface area contributed by atoms with Crippen LogP contribution in [-0.2, 0) is 14.2 Å². The third kappa shape index (κ3) is 2.50. The Morgan fingerprint density at radius 2 is 1.54 bits per heavy atom. The summed E-state index contributed by atoms with van der Waals surface area (Å²) in [6.45, 7) is 0.474. The Morgan fingerprint density at radius 1 is 0.875 bits per heavy atom. The normalized spacial score (nSPS) is 57.5. The molecule has 24 heavy (non-hydrogen) atoms. The minimum Gasteiger partial charge on any atom is -0.394 e. The number of rotatable bonds is 4. The highest BCUT2D eigenvalue weighted by Gasteiger charge is 2.77. The van der Waals surface area contributed by atoms with Gasteiger partial charge in [0, 0.05) is 0 Å². The Balaban J connectivity index is 1.81. The topological polar surface area (TPSA) is 169 Å². The first-order valence-corrected chi connectivity index (χ1v) is 7.90. The molecule has 3 fully saturated rings. The summed E-state index contributed by atoms with van der Waals surface area (Å²) in [5.74, 6) is -0.759. The molecule has 10 heteroatoms. The average molecular weight is 352 g/mol. The summed E-state index contributed by atoms with van der Waals surface area (Å²) in [5.41, 5.74) is -1.51. The average Bonchev–Trinajstić information content (AvgIpc) is 3.16. The predicted molar refractivity (Wildman–Crippen MR) is 74.5 cm³/mol. The molecule has 3 aliphatic rings. The zero-order chi connectivity index (χ0) is 17.8. The first-order valence-electron chi connectivity index (χ1n) is 7.90. The highest BCUT2D eigenvalue weighted by molar-refractivity contribution is 5.24. The van der Waals surface area contributed by atoms with Crippen molar-refractivity contribution < 1.29 is 50.0 Å². The lowest BCUT2D eigenvalue weighted by Gasteiger charge is -2.44. The van der Waals surface area contributed by atoms with Crippen molar-refractivity contribution in [3.63, 3.8) is 0 Å². The Labute approximate surface area is 137 Å². The van der Waals surface area contributed by atoms with Crippen molar-refractivity contribution in [3.8, 4) is 0 Å². The van der Waals surface area contributed by atoms with E-state index in [0.29, 0.717) is 0 Å². The molecule has 1 saturated carbocycles. The first-order chi connectivity index (χ1) is 11.3. The quantitative estimate of drug-likeness (QED) is 0.262. The molecule has 1 aliphatic carbocycles. The van der Waals surface area contributed by atoms with Crippen LogP contribution in [0.25, 0.3) is 0 Å². The van der Waals surface area contributed by atoms with Crippen molar-refractivity contribution in [2.24, 2.45) is 5.92 Å². The summed E-state index contributed by atoms with van der Waals surface area (Å²) in [6.07, 6.45) is -11.3. The number of hydrogen-bond acceptors (Lipinski definition) is 10. The first kappa shape index (κ1) is 18.4. The SMILES string of the molecule is C[C@@H]1OC(CO)C2(O[C@@H]3OC(CO)[C@H](O)C(O)C3O)C(O)C2C1O. The Kier molecular flexibility index (Phi) is 4.90. The zero-order valence-corrected chi connectivity index (χ0v) is 13.0. The van der Waals surface area contributed by atoms with Gasteiger partial charge in [-0.3, -0.25) is 0 Å². The van der Waals surface area contributed by atoms with Crippen LogP contribution in [0.3, 0.4) is 0 Å². The minimum atomic E-state index is -1.65. The summed E-state index contributed by atoms with van der Waals surface area (Å²) in [7, 11) is 0. The summed E-state index contributed by atoms with van der Waals surface area (Å²) >= 11 is 0. The number of hydrogen-bond donors (Lipinski definition) is 7. The van der Waals surface area contributed by atoms with Crippen molar-refractivity contribution in [2.75, 3.05) is 13.2 Å². The van der Waals surface area contributed by atoms with Crippen LogP contribution in [0, 0.1) is 5.92 Å². The molecule has 0 aromatic rings. The van der Waals surface area contributed by atoms with Gasteiger partial charge in [-0.25, -0.2) is 0 Å². The van der Waals surface area contributed by atoms with E-state index in [-0.39, 0.29) is 0 Å². The molecule has 0 aromatic carbocycles. The minimum absolute atomic E-state index is 0.498. The molecule has 0 bridgehead atoms. The van der Waals surface area contributed by atoms with E-state index in [1.54, 1.807) is 6.92 Å². The lowest BCUT2D eigenvalue weighted by atomic mass is 9.97. The van der Waals surface area contributed by atoms with Crippen molar-refractivity contribution in [1.29, 1.82) is 0 Å². The van der Waals surface area contributed by atoms with E-state index in [1.807, 2.05) is 0 Å². The number of aliphatic hydroxyl groups is 7. The lowest BCUT2D eigenvalue weighted by molar-refractivity contribution is -0.336. The van der Waals surface area contributed by atoms with Gasteiger partial charge in [-0.05, 0) is 6.92 Å². The summed E-state index contributed by atoms with van der Waals surface area (Å²) in [6, 6.07) is 0. The van der Waals surface area contributed by atoms with Crippen LogP contribution >= 0.6 is 0 Å². The molecule has 10 nitrogen and oxygen atoms in total. The fraction of sp³-hybridized carbons (Fsp3) is 1.00. The molecule has 11 atom stereocenters. The smallest absolute Gasteiger partial charge is 0.187 e. The fourth-order valence-electron chi connectivity index (χ4n) is 3.76. The molecule has 0 spiro atoms. The van der Waals surface area contributed by atoms with Crippen molar-refractivity contribution in [1.82, 2.24) is 0 Å². The monoisotopic (exact) mass is 352 g/mol. The molecule has 2 aliphatic heterocycles. The van der Waals surface area contributed by atoms with Gasteiger partial charge in [0.15, 0.2) is 6.29 Å². The van der Waals surface area contributed by atoms with Crippen LogP contribution in [0.15, 0.2) is 0 Å². The van der Waals surface area contributed by atoms with E-state index >= 15 is 0 Å². The van der Waals surface area contributed by atoms with Gasteiger partial charge >= 0.3 is 0 Å². The second kappa shape index (κ2) is 6.40. The van der Waals surface area contributed by atoms with Crippen LogP contribution in [0.4, 0.5) is 0 Å². The third-order valence-electron chi connectivity index (χ3n) is 5.28. The van der Waals surface area contributed by atoms with Gasteiger partial charge in [0.05, 0.1) is 37.4 Å². The van der Waals surface area contributed by atoms with E-state index in [2.05, 4.69) is 0 Å². The second-order valence-corrected chi connectivity index (χ2v) is 6.64. The van der Waals surface area contributed by atoms with E-state index in [0.717, 1.165) is 0 Å². The van der Waals surface area contributed by atoms with Gasteiger partial charge in [0.25, 0.3) is 0 Å². The zero-order valence-electron chi connectivity index (χ0n) is 13.0. The van der Waals surface area contributed by atoms with Crippen molar-refractivity contribution in [3.05, 3.63) is 0 Å². The molecule has 3 rings (SSSR count). The van der Waals surface area contributed by atoms with E-state index in [1.165, 1.54) is 0 Å². The molecule has 7 N–H and O–H groups in total. The van der Waals surface area contributed by atoms with Gasteiger partial charge in [0.2, 0.25) is 0 Å². The van der Waals surface area contributed by atoms with Crippen molar-refractivity contribution >= 4 is 0 Å². The molecule has 0 radical (unpaired) electrons. The van der Waals surface area contributed by atoms with Gasteiger partial charge in [-0.2, -0.15) is 0 Å². The second-order valence-electron chi connectivity index (χ2n) is 6.64. The maximum Gasteiger partial charge on any atom is 0.187 e. The maximum absolute atomic E-state index is 10.2. The van der Waals surface area contributed by atoms with Crippen LogP contribution in [0.5, 0.6) is 0 Å². The van der Waals surface area contributed by atoms with Crippen LogP contribution in [-0.4, -0.2) is 110 Å². The number of ether oxygens (including phenoxy) is 3. The Hall–Kier alpha value is -0.400. The standard InChI is InChI=1S/C14H24O10/c1-4-8(17)7-12(21)14(7,6(3-16)22-4)24-13-11(20)10(19)9(18)5(2-15)23-13/h4-13,15-21H,2-3H2,1H3/t4-,5?,6?,7?,8?,9-,10?,11?,12?,13-,14?/m0/s1. The molecular formula is C14H24O10. The Bertz CT molecular complexity index is 457. The van der Waals surface area contributed by atoms with E-state index < -0.39 is 79.9 Å². The largest absolute Gasteiger partial charge is 0.394 e. The summed E-state index contributed by atoms with van der Waals surface area (Å²) < 4.78 is 16.4. The summed E-state index contributed by atoms with van der Waals surface area (Å²) in [4.78, 5) is 0. The molecular weight excluding hydrogens is 328 g/mol. The van der Waals surface area contributed by atoms with Gasteiger partial charge in [-0.15, -0.1) is 0 Å². The summed E-state index contributed by atoms with van der Waals surface area (Å²) in [5, 5.41) is 68.8. The fourth-order valence-corrected chi connectivity index (χ4v) is 3.76. The van der Waals surface area contributed by atoms with E-state index in [9.17, 15) is 35.7 Å². The molecule has 0 aromatic heterocycles. The molecule has 0 amide bonds. The molecule has 2 heterocycles. The lowest BCUT2D eigenvalue weighted by Crippen LogP contribution is -2.62. The number of aliphatic hydroxyl groups excluding tert-OH is 7. The predicted octanol–water partition coefficient (Wildman–Crippen LogP) is -4.33. The van der Waals surface area contributed by atoms with Crippen LogP contribution in [0.2, 0.25) is 0 Å². The van der Waals surface area contributed by atoms with Crippen molar-refractivity contribution in [2.45, 2.75) is 67.6 Å². The third-order valence-corrected chi connectivity index (χ3v) is 5.28. The van der Waals surface area contributed by atoms with E-state index in [4.69, 9.17) is 14.2 Å². The van der Waals surface area contributed by atoms with Gasteiger partial charge in [-0.1, -0.05) is 0 Å². The molecule has 2 saturated heterocycles. The highest BCUT2D eigenvalue weighted by atomic mass is 16.7. The number of fused-ring (bicyclic) bond motifs is 1. The van der Waals surface area contributed by atoms with Crippen LogP contribution in [0.1, 0.15) is 6.92 Å². The molecule has 8 unspecified atom stereocenters. The maximum atomic E-state index is 10.2. The Morgan fingerprint density at radius 3 is 2.12 bits per heavy atom. The van der Waals surface area contributed by atoms with Gasteiger partial charge in [0.1, 0.15) is 36.1 Å². The van der Waals surface area contributed by atoms with Crippen LogP contribution < -0.4 is 0 Å². The molecule has 140 valence electrons. The van der Waals surface area contributed by atoms with Gasteiger partial charge < -0.3 is 50.0 Å².